The molecule has 0 aliphatic carbocycles. The van der Waals surface area contributed by atoms with Crippen molar-refractivity contribution in [3.63, 3.8) is 0 Å². The molecule has 3 aromatic rings. The molecule has 1 amide bonds. The summed E-state index contributed by atoms with van der Waals surface area (Å²) >= 11 is 2.83. The fourth-order valence-corrected chi connectivity index (χ4v) is 4.58. The fraction of sp³-hybridized carbons (Fsp3) is 0.286. The third-order valence-corrected chi connectivity index (χ3v) is 6.35. The van der Waals surface area contributed by atoms with Crippen molar-refractivity contribution < 1.29 is 9.18 Å². The highest BCUT2D eigenvalue weighted by Gasteiger charge is 2.13. The van der Waals surface area contributed by atoms with E-state index in [4.69, 9.17) is 0 Å². The van der Waals surface area contributed by atoms with E-state index in [0.29, 0.717) is 39.1 Å². The number of hydrogen-bond donors (Lipinski definition) is 1. The largest absolute Gasteiger partial charge is 0.354 e. The number of nitrogens with zero attached hydrogens (tertiary/aromatic N) is 3. The SMILES string of the molecule is CN(C)CCNC(=O)CSCSc1nc2ccccc2c(=O)n1-c1ccc(F)cc1. The summed E-state index contributed by atoms with van der Waals surface area (Å²) in [6.07, 6.45) is 0. The van der Waals surface area contributed by atoms with Crippen LogP contribution >= 0.6 is 23.5 Å². The zero-order chi connectivity index (χ0) is 21.5. The first kappa shape index (κ1) is 22.3. The van der Waals surface area contributed by atoms with Crippen LogP contribution in [0.4, 0.5) is 4.39 Å². The summed E-state index contributed by atoms with van der Waals surface area (Å²) in [7, 11) is 3.91. The zero-order valence-corrected chi connectivity index (χ0v) is 18.4. The van der Waals surface area contributed by atoms with Crippen LogP contribution in [0.15, 0.2) is 58.5 Å². The number of benzene rings is 2. The summed E-state index contributed by atoms with van der Waals surface area (Å²) in [5, 5.41) is 4.42. The number of thioether (sulfide) groups is 2. The van der Waals surface area contributed by atoms with Crippen molar-refractivity contribution in [3.05, 3.63) is 64.7 Å². The molecule has 1 heterocycles. The highest BCUT2D eigenvalue weighted by atomic mass is 32.2. The van der Waals surface area contributed by atoms with Gasteiger partial charge in [0.1, 0.15) is 5.82 Å². The Labute approximate surface area is 182 Å². The Hall–Kier alpha value is -2.36. The molecule has 2 aromatic carbocycles. The average Bonchev–Trinajstić information content (AvgIpc) is 2.72. The van der Waals surface area contributed by atoms with Crippen molar-refractivity contribution in [2.45, 2.75) is 5.16 Å². The van der Waals surface area contributed by atoms with Gasteiger partial charge in [0, 0.05) is 18.2 Å². The van der Waals surface area contributed by atoms with Crippen LogP contribution in [-0.4, -0.2) is 58.4 Å². The third kappa shape index (κ3) is 5.84. The van der Waals surface area contributed by atoms with Crippen LogP contribution in [0, 0.1) is 5.82 Å². The maximum atomic E-state index is 13.4. The lowest BCUT2D eigenvalue weighted by molar-refractivity contribution is -0.118. The highest BCUT2D eigenvalue weighted by molar-refractivity contribution is 8.16. The average molecular weight is 447 g/mol. The van der Waals surface area contributed by atoms with Gasteiger partial charge in [0.25, 0.3) is 5.56 Å². The molecule has 0 unspecified atom stereocenters. The van der Waals surface area contributed by atoms with E-state index >= 15 is 0 Å². The number of nitrogens with one attached hydrogen (secondary N) is 1. The minimum absolute atomic E-state index is 0.0233. The quantitative estimate of drug-likeness (QED) is 0.236. The number of aromatic nitrogens is 2. The molecule has 0 fully saturated rings. The maximum absolute atomic E-state index is 13.4. The van der Waals surface area contributed by atoms with Crippen molar-refractivity contribution >= 4 is 40.3 Å². The number of para-hydroxylation sites is 1. The van der Waals surface area contributed by atoms with Gasteiger partial charge in [-0.3, -0.25) is 14.2 Å². The first-order valence-corrected chi connectivity index (χ1v) is 11.5. The summed E-state index contributed by atoms with van der Waals surface area (Å²) in [6, 6.07) is 12.9. The van der Waals surface area contributed by atoms with E-state index in [-0.39, 0.29) is 17.3 Å². The van der Waals surface area contributed by atoms with Crippen molar-refractivity contribution in [1.82, 2.24) is 19.8 Å². The Balaban J connectivity index is 1.74. The Kier molecular flexibility index (Phi) is 7.89. The van der Waals surface area contributed by atoms with Crippen molar-refractivity contribution in [3.8, 4) is 5.69 Å². The molecule has 0 atom stereocenters. The van der Waals surface area contributed by atoms with Crippen LogP contribution in [-0.2, 0) is 4.79 Å². The number of halogens is 1. The van der Waals surface area contributed by atoms with Crippen LogP contribution < -0.4 is 10.9 Å². The van der Waals surface area contributed by atoms with Gasteiger partial charge in [0.05, 0.1) is 22.3 Å². The van der Waals surface area contributed by atoms with Gasteiger partial charge in [0.15, 0.2) is 5.16 Å². The van der Waals surface area contributed by atoms with Gasteiger partial charge >= 0.3 is 0 Å². The van der Waals surface area contributed by atoms with Crippen LogP contribution in [0.2, 0.25) is 0 Å². The van der Waals surface area contributed by atoms with Gasteiger partial charge in [-0.1, -0.05) is 23.9 Å². The lowest BCUT2D eigenvalue weighted by Gasteiger charge is -2.13. The first-order valence-electron chi connectivity index (χ1n) is 9.35. The molecule has 0 saturated carbocycles. The molecule has 6 nitrogen and oxygen atoms in total. The Morgan fingerprint density at radius 3 is 2.63 bits per heavy atom. The maximum Gasteiger partial charge on any atom is 0.266 e. The molecule has 1 aromatic heterocycles. The second kappa shape index (κ2) is 10.6. The van der Waals surface area contributed by atoms with Gasteiger partial charge in [0.2, 0.25) is 5.91 Å². The smallest absolute Gasteiger partial charge is 0.266 e. The van der Waals surface area contributed by atoms with E-state index in [9.17, 15) is 14.0 Å². The molecular weight excluding hydrogens is 423 g/mol. The molecule has 158 valence electrons. The van der Waals surface area contributed by atoms with Crippen molar-refractivity contribution in [2.75, 3.05) is 38.0 Å². The number of fused-ring (bicyclic) bond motifs is 1. The molecule has 0 aliphatic rings. The molecule has 0 radical (unpaired) electrons. The Bertz CT molecular complexity index is 1070. The summed E-state index contributed by atoms with van der Waals surface area (Å²) in [5.41, 5.74) is 0.949. The number of rotatable bonds is 9. The van der Waals surface area contributed by atoms with Gasteiger partial charge in [-0.2, -0.15) is 0 Å². The number of carbonyl (C=O) groups is 1. The van der Waals surface area contributed by atoms with Crippen molar-refractivity contribution in [2.24, 2.45) is 0 Å². The highest BCUT2D eigenvalue weighted by Crippen LogP contribution is 2.24. The first-order chi connectivity index (χ1) is 14.5. The zero-order valence-electron chi connectivity index (χ0n) is 16.8. The minimum atomic E-state index is -0.370. The number of hydrogen-bond acceptors (Lipinski definition) is 6. The van der Waals surface area contributed by atoms with Crippen LogP contribution in [0.1, 0.15) is 0 Å². The van der Waals surface area contributed by atoms with Crippen molar-refractivity contribution in [1.29, 1.82) is 0 Å². The van der Waals surface area contributed by atoms with E-state index in [2.05, 4.69) is 10.3 Å². The molecule has 0 aliphatic heterocycles. The normalized spacial score (nSPS) is 11.2. The number of carbonyl (C=O) groups excluding carboxylic acids is 1. The van der Waals surface area contributed by atoms with Gasteiger partial charge in [-0.15, -0.1) is 11.8 Å². The van der Waals surface area contributed by atoms with Crippen LogP contribution in [0.3, 0.4) is 0 Å². The predicted molar refractivity (Wildman–Crippen MR) is 122 cm³/mol. The lowest BCUT2D eigenvalue weighted by atomic mass is 10.2. The molecule has 30 heavy (non-hydrogen) atoms. The molecular formula is C21H23FN4O2S2. The molecule has 0 saturated heterocycles. The molecule has 9 heteroatoms. The second-order valence-electron chi connectivity index (χ2n) is 6.79. The molecule has 0 spiro atoms. The van der Waals surface area contributed by atoms with E-state index < -0.39 is 0 Å². The molecule has 1 N–H and O–H groups in total. The molecule has 0 bridgehead atoms. The van der Waals surface area contributed by atoms with Gasteiger partial charge in [-0.25, -0.2) is 9.37 Å². The van der Waals surface area contributed by atoms with E-state index in [0.717, 1.165) is 6.54 Å². The van der Waals surface area contributed by atoms with E-state index in [1.165, 1.54) is 40.2 Å². The van der Waals surface area contributed by atoms with E-state index in [1.807, 2.05) is 25.1 Å². The minimum Gasteiger partial charge on any atom is -0.354 e. The Morgan fingerprint density at radius 1 is 1.17 bits per heavy atom. The summed E-state index contributed by atoms with van der Waals surface area (Å²) in [6.45, 7) is 1.39. The van der Waals surface area contributed by atoms with E-state index in [1.54, 1.807) is 30.3 Å². The number of likely N-dealkylation sites (N-methyl/N-ethyl adjacent to an activating group) is 1. The fourth-order valence-electron chi connectivity index (χ4n) is 2.73. The Morgan fingerprint density at radius 2 is 1.90 bits per heavy atom. The monoisotopic (exact) mass is 446 g/mol. The van der Waals surface area contributed by atoms with Crippen LogP contribution in [0.5, 0.6) is 0 Å². The lowest BCUT2D eigenvalue weighted by Crippen LogP contribution is -2.32. The summed E-state index contributed by atoms with van der Waals surface area (Å²) < 4.78 is 14.9. The predicted octanol–water partition coefficient (Wildman–Crippen LogP) is 2.99. The third-order valence-electron chi connectivity index (χ3n) is 4.22. The standard InChI is InChI=1S/C21H23FN4O2S2/c1-25(2)12-11-23-19(27)13-29-14-30-21-24-18-6-4-3-5-17(18)20(28)26(21)16-9-7-15(22)8-10-16/h3-10H,11-14H2,1-2H3,(H,23,27). The van der Waals surface area contributed by atoms with Crippen LogP contribution in [0.25, 0.3) is 16.6 Å². The molecule has 3 rings (SSSR count). The summed E-state index contributed by atoms with van der Waals surface area (Å²) in [4.78, 5) is 31.6. The van der Waals surface area contributed by atoms with Gasteiger partial charge < -0.3 is 10.2 Å². The second-order valence-corrected chi connectivity index (χ2v) is 9.09. The topological polar surface area (TPSA) is 67.2 Å². The van der Waals surface area contributed by atoms with Gasteiger partial charge in [-0.05, 0) is 50.5 Å². The summed E-state index contributed by atoms with van der Waals surface area (Å²) in [5.74, 6) is -0.0650. The number of amides is 1.